The molecule has 0 saturated heterocycles. The first kappa shape index (κ1) is 17.4. The topological polar surface area (TPSA) is 104 Å². The van der Waals surface area contributed by atoms with Gasteiger partial charge in [-0.3, -0.25) is 10.7 Å². The smallest absolute Gasteiger partial charge is 0.410 e. The van der Waals surface area contributed by atoms with Crippen molar-refractivity contribution in [2.45, 2.75) is 6.54 Å². The van der Waals surface area contributed by atoms with E-state index in [2.05, 4.69) is 10.1 Å². The van der Waals surface area contributed by atoms with E-state index >= 15 is 0 Å². The average Bonchev–Trinajstić information content (AvgIpc) is 2.88. The Morgan fingerprint density at radius 1 is 1.29 bits per heavy atom. The number of nitrogens with zero attached hydrogens (tertiary/aromatic N) is 3. The van der Waals surface area contributed by atoms with Crippen LogP contribution in [0.25, 0.3) is 11.0 Å². The van der Waals surface area contributed by atoms with Crippen molar-refractivity contribution in [3.05, 3.63) is 59.7 Å². The third-order valence-electron chi connectivity index (χ3n) is 3.25. The van der Waals surface area contributed by atoms with Gasteiger partial charge in [0.25, 0.3) is 0 Å². The molecule has 0 fully saturated rings. The van der Waals surface area contributed by atoms with Crippen molar-refractivity contribution in [2.75, 3.05) is 0 Å². The maximum atomic E-state index is 13.8. The summed E-state index contributed by atoms with van der Waals surface area (Å²) in [5, 5.41) is 23.2. The molecule has 2 heterocycles. The summed E-state index contributed by atoms with van der Waals surface area (Å²) in [5.74, 6) is -0.727. The van der Waals surface area contributed by atoms with Gasteiger partial charge >= 0.3 is 6.09 Å². The van der Waals surface area contributed by atoms with Crippen molar-refractivity contribution < 1.29 is 14.3 Å². The van der Waals surface area contributed by atoms with Gasteiger partial charge in [-0.2, -0.15) is 5.10 Å². The fraction of sp³-hybridized carbons (Fsp3) is 0.0667. The molecule has 0 unspecified atom stereocenters. The Balaban J connectivity index is 0.00000208. The molecule has 1 aromatic carbocycles. The molecule has 0 spiro atoms. The van der Waals surface area contributed by atoms with Crippen LogP contribution >= 0.6 is 12.4 Å². The van der Waals surface area contributed by atoms with Gasteiger partial charge in [0.15, 0.2) is 11.5 Å². The van der Waals surface area contributed by atoms with E-state index in [0.29, 0.717) is 16.6 Å². The van der Waals surface area contributed by atoms with Gasteiger partial charge in [-0.25, -0.2) is 18.9 Å². The second-order valence-corrected chi connectivity index (χ2v) is 4.78. The minimum Gasteiger partial charge on any atom is -0.465 e. The number of benzene rings is 1. The third-order valence-corrected chi connectivity index (χ3v) is 3.25. The Labute approximate surface area is 142 Å². The number of hydrogen-bond donors (Lipinski definition) is 3. The highest BCUT2D eigenvalue weighted by Crippen LogP contribution is 2.18. The first-order valence-electron chi connectivity index (χ1n) is 6.70. The van der Waals surface area contributed by atoms with Gasteiger partial charge in [0.1, 0.15) is 11.5 Å². The minimum atomic E-state index is -1.35. The van der Waals surface area contributed by atoms with E-state index in [1.807, 2.05) is 5.32 Å². The molecule has 7 nitrogen and oxygen atoms in total. The molecule has 3 aromatic rings. The monoisotopic (exact) mass is 349 g/mol. The quantitative estimate of drug-likeness (QED) is 0.499. The Morgan fingerprint density at radius 3 is 2.75 bits per heavy atom. The summed E-state index contributed by atoms with van der Waals surface area (Å²) in [6.45, 7) is 0.126. The lowest BCUT2D eigenvalue weighted by atomic mass is 10.2. The Hall–Kier alpha value is -3.00. The molecule has 124 valence electrons. The van der Waals surface area contributed by atoms with E-state index in [0.717, 1.165) is 0 Å². The molecule has 9 heteroatoms. The second kappa shape index (κ2) is 7.05. The van der Waals surface area contributed by atoms with Crippen LogP contribution in [-0.2, 0) is 6.54 Å². The Kier molecular flexibility index (Phi) is 5.10. The highest BCUT2D eigenvalue weighted by Gasteiger charge is 2.17. The van der Waals surface area contributed by atoms with Crippen molar-refractivity contribution >= 4 is 35.4 Å². The van der Waals surface area contributed by atoms with Crippen molar-refractivity contribution in [3.63, 3.8) is 0 Å². The summed E-state index contributed by atoms with van der Waals surface area (Å²) in [6, 6.07) is 9.63. The van der Waals surface area contributed by atoms with E-state index in [-0.39, 0.29) is 36.3 Å². The number of amidine groups is 1. The zero-order chi connectivity index (χ0) is 16.4. The van der Waals surface area contributed by atoms with E-state index in [1.165, 1.54) is 10.7 Å². The third kappa shape index (κ3) is 3.33. The van der Waals surface area contributed by atoms with Crippen LogP contribution in [-0.4, -0.2) is 31.8 Å². The van der Waals surface area contributed by atoms with Crippen LogP contribution in [0.15, 0.2) is 42.6 Å². The second-order valence-electron chi connectivity index (χ2n) is 4.78. The molecular weight excluding hydrogens is 337 g/mol. The highest BCUT2D eigenvalue weighted by molar-refractivity contribution is 6.10. The largest absolute Gasteiger partial charge is 0.465 e. The number of carbonyl (C=O) groups is 1. The number of nitrogens with one attached hydrogen (secondary N) is 2. The van der Waals surface area contributed by atoms with Gasteiger partial charge in [0.05, 0.1) is 11.9 Å². The average molecular weight is 350 g/mol. The summed E-state index contributed by atoms with van der Waals surface area (Å²) < 4.78 is 15.3. The van der Waals surface area contributed by atoms with Crippen molar-refractivity contribution in [3.8, 4) is 0 Å². The molecule has 0 aliphatic heterocycles. The van der Waals surface area contributed by atoms with Crippen LogP contribution in [0.3, 0.4) is 0 Å². The number of halogens is 2. The van der Waals surface area contributed by atoms with Crippen molar-refractivity contribution in [1.29, 1.82) is 5.41 Å². The predicted molar refractivity (Wildman–Crippen MR) is 88.3 cm³/mol. The summed E-state index contributed by atoms with van der Waals surface area (Å²) in [5.41, 5.74) is 1.02. The fourth-order valence-electron chi connectivity index (χ4n) is 2.26. The summed E-state index contributed by atoms with van der Waals surface area (Å²) >= 11 is 0. The first-order chi connectivity index (χ1) is 11.1. The molecule has 0 saturated carbocycles. The van der Waals surface area contributed by atoms with Crippen LogP contribution in [0.4, 0.5) is 9.18 Å². The highest BCUT2D eigenvalue weighted by atomic mass is 35.5. The van der Waals surface area contributed by atoms with E-state index in [1.54, 1.807) is 36.5 Å². The van der Waals surface area contributed by atoms with E-state index in [4.69, 9.17) is 10.5 Å². The number of fused-ring (bicyclic) bond motifs is 1. The molecule has 1 amide bonds. The molecule has 3 rings (SSSR count). The number of carboxylic acid groups (broad SMARTS) is 1. The van der Waals surface area contributed by atoms with Crippen molar-refractivity contribution in [1.82, 2.24) is 20.1 Å². The van der Waals surface area contributed by atoms with E-state index < -0.39 is 6.09 Å². The predicted octanol–water partition coefficient (Wildman–Crippen LogP) is 2.63. The zero-order valence-corrected chi connectivity index (χ0v) is 13.0. The SMILES string of the molecule is Cl.N=C(NC(=O)O)c1nn(Cc2ccccc2F)c2ncccc12. The molecule has 0 bridgehead atoms. The van der Waals surface area contributed by atoms with Gasteiger partial charge in [-0.15, -0.1) is 12.4 Å². The lowest BCUT2D eigenvalue weighted by Gasteiger charge is -2.04. The summed E-state index contributed by atoms with van der Waals surface area (Å²) in [7, 11) is 0. The zero-order valence-electron chi connectivity index (χ0n) is 12.2. The molecule has 3 N–H and O–H groups in total. The maximum Gasteiger partial charge on any atom is 0.410 e. The van der Waals surface area contributed by atoms with Gasteiger partial charge in [0, 0.05) is 11.8 Å². The van der Waals surface area contributed by atoms with E-state index in [9.17, 15) is 9.18 Å². The molecular formula is C15H13ClFN5O2. The van der Waals surface area contributed by atoms with Crippen LogP contribution in [0.5, 0.6) is 0 Å². The summed E-state index contributed by atoms with van der Waals surface area (Å²) in [6.07, 6.45) is 0.204. The van der Waals surface area contributed by atoms with Gasteiger partial charge in [0.2, 0.25) is 0 Å². The number of aromatic nitrogens is 3. The lowest BCUT2D eigenvalue weighted by Crippen LogP contribution is -2.29. The van der Waals surface area contributed by atoms with Crippen LogP contribution in [0.1, 0.15) is 11.3 Å². The Bertz CT molecular complexity index is 912. The van der Waals surface area contributed by atoms with Crippen LogP contribution < -0.4 is 5.32 Å². The molecule has 2 aromatic heterocycles. The fourth-order valence-corrected chi connectivity index (χ4v) is 2.26. The first-order valence-corrected chi connectivity index (χ1v) is 6.70. The number of rotatable bonds is 3. The maximum absolute atomic E-state index is 13.8. The van der Waals surface area contributed by atoms with Gasteiger partial charge < -0.3 is 5.11 Å². The molecule has 0 atom stereocenters. The lowest BCUT2D eigenvalue weighted by molar-refractivity contribution is 0.200. The van der Waals surface area contributed by atoms with Crippen molar-refractivity contribution in [2.24, 2.45) is 0 Å². The number of pyridine rings is 1. The van der Waals surface area contributed by atoms with Gasteiger partial charge in [-0.05, 0) is 18.2 Å². The molecule has 0 radical (unpaired) electrons. The summed E-state index contributed by atoms with van der Waals surface area (Å²) in [4.78, 5) is 14.9. The minimum absolute atomic E-state index is 0. The van der Waals surface area contributed by atoms with Gasteiger partial charge in [-0.1, -0.05) is 18.2 Å². The Morgan fingerprint density at radius 2 is 2.04 bits per heavy atom. The number of hydrogen-bond acceptors (Lipinski definition) is 4. The standard InChI is InChI=1S/C15H12FN5O2.ClH/c16-11-6-2-1-4-9(11)8-21-14-10(5-3-7-18-14)12(20-21)13(17)19-15(22)23;/h1-7H,8H2,(H2,17,19)(H,22,23);1H. The number of amides is 1. The molecule has 0 aliphatic carbocycles. The normalized spacial score (nSPS) is 10.2. The van der Waals surface area contributed by atoms with Crippen LogP contribution in [0.2, 0.25) is 0 Å². The molecule has 0 aliphatic rings. The molecule has 24 heavy (non-hydrogen) atoms. The van der Waals surface area contributed by atoms with Crippen LogP contribution in [0, 0.1) is 11.2 Å².